The number of hydrogen-bond acceptors (Lipinski definition) is 3. The summed E-state index contributed by atoms with van der Waals surface area (Å²) in [5, 5.41) is 0. The molecule has 0 amide bonds. The molecule has 2 aromatic rings. The largest absolute Gasteiger partial charge is 0.493 e. The molecule has 0 saturated heterocycles. The first-order chi connectivity index (χ1) is 10.2. The lowest BCUT2D eigenvalue weighted by molar-refractivity contribution is 0.0988. The summed E-state index contributed by atoms with van der Waals surface area (Å²) < 4.78 is 18.2. The normalized spacial score (nSPS) is 10.4. The predicted octanol–water partition coefficient (Wildman–Crippen LogP) is 4.59. The van der Waals surface area contributed by atoms with E-state index in [9.17, 15) is 9.18 Å². The van der Waals surface area contributed by atoms with Crippen molar-refractivity contribution in [3.63, 3.8) is 0 Å². The Kier molecular flexibility index (Phi) is 5.81. The van der Waals surface area contributed by atoms with Gasteiger partial charge in [-0.2, -0.15) is 0 Å². The van der Waals surface area contributed by atoms with Gasteiger partial charge >= 0.3 is 0 Å². The lowest BCUT2D eigenvalue weighted by Gasteiger charge is -2.06. The number of carbonyl (C=O) groups is 1. The molecule has 0 radical (unpaired) electrons. The lowest BCUT2D eigenvalue weighted by atomic mass is 10.1. The molecule has 0 heterocycles. The first-order valence-corrected chi connectivity index (χ1v) is 7.82. The maximum Gasteiger partial charge on any atom is 0.162 e. The maximum absolute atomic E-state index is 12.7. The van der Waals surface area contributed by atoms with Crippen LogP contribution in [0.3, 0.4) is 0 Å². The predicted molar refractivity (Wildman–Crippen MR) is 83.7 cm³/mol. The Labute approximate surface area is 128 Å². The number of thioether (sulfide) groups is 1. The molecular weight excluding hydrogens is 287 g/mol. The number of halogens is 1. The van der Waals surface area contributed by atoms with E-state index in [0.29, 0.717) is 18.8 Å². The molecule has 0 unspecified atom stereocenters. The SMILES string of the molecule is CCC(=O)c1ccc(SCCOc2ccc(F)cc2)cc1. The van der Waals surface area contributed by atoms with Gasteiger partial charge in [-0.1, -0.05) is 19.1 Å². The summed E-state index contributed by atoms with van der Waals surface area (Å²) >= 11 is 1.66. The number of rotatable bonds is 7. The van der Waals surface area contributed by atoms with E-state index >= 15 is 0 Å². The van der Waals surface area contributed by atoms with Gasteiger partial charge in [-0.15, -0.1) is 11.8 Å². The molecule has 2 nitrogen and oxygen atoms in total. The third-order valence-electron chi connectivity index (χ3n) is 2.93. The van der Waals surface area contributed by atoms with Crippen molar-refractivity contribution < 1.29 is 13.9 Å². The van der Waals surface area contributed by atoms with Gasteiger partial charge in [0.1, 0.15) is 11.6 Å². The molecule has 0 N–H and O–H groups in total. The molecule has 0 bridgehead atoms. The molecule has 2 rings (SSSR count). The molecular formula is C17H17FO2S. The van der Waals surface area contributed by atoms with Crippen molar-refractivity contribution in [1.82, 2.24) is 0 Å². The Bertz CT molecular complexity index is 579. The highest BCUT2D eigenvalue weighted by Crippen LogP contribution is 2.19. The second kappa shape index (κ2) is 7.84. The molecule has 4 heteroatoms. The fourth-order valence-electron chi connectivity index (χ4n) is 1.79. The molecule has 0 aliphatic heterocycles. The van der Waals surface area contributed by atoms with Crippen molar-refractivity contribution in [2.75, 3.05) is 12.4 Å². The Hall–Kier alpha value is -1.81. The first-order valence-electron chi connectivity index (χ1n) is 6.83. The van der Waals surface area contributed by atoms with Gasteiger partial charge in [-0.3, -0.25) is 4.79 Å². The van der Waals surface area contributed by atoms with Crippen molar-refractivity contribution in [3.05, 3.63) is 59.9 Å². The van der Waals surface area contributed by atoms with Crippen LogP contribution in [0.15, 0.2) is 53.4 Å². The highest BCUT2D eigenvalue weighted by atomic mass is 32.2. The Morgan fingerprint density at radius 1 is 1.10 bits per heavy atom. The van der Waals surface area contributed by atoms with Gasteiger partial charge in [0.15, 0.2) is 5.78 Å². The monoisotopic (exact) mass is 304 g/mol. The minimum atomic E-state index is -0.265. The van der Waals surface area contributed by atoms with Gasteiger partial charge in [0, 0.05) is 22.6 Å². The molecule has 0 saturated carbocycles. The number of carbonyl (C=O) groups excluding carboxylic acids is 1. The van der Waals surface area contributed by atoms with Crippen LogP contribution in [0.4, 0.5) is 4.39 Å². The Morgan fingerprint density at radius 2 is 1.76 bits per heavy atom. The van der Waals surface area contributed by atoms with Crippen LogP contribution in [-0.4, -0.2) is 18.1 Å². The van der Waals surface area contributed by atoms with Crippen LogP contribution < -0.4 is 4.74 Å². The van der Waals surface area contributed by atoms with Crippen molar-refractivity contribution in [1.29, 1.82) is 0 Å². The van der Waals surface area contributed by atoms with Crippen LogP contribution in [-0.2, 0) is 0 Å². The minimum Gasteiger partial charge on any atom is -0.493 e. The second-order valence-electron chi connectivity index (χ2n) is 4.45. The van der Waals surface area contributed by atoms with Crippen LogP contribution in [0.1, 0.15) is 23.7 Å². The number of ketones is 1. The van der Waals surface area contributed by atoms with Crippen LogP contribution in [0.5, 0.6) is 5.75 Å². The van der Waals surface area contributed by atoms with E-state index in [0.717, 1.165) is 16.2 Å². The quantitative estimate of drug-likeness (QED) is 0.425. The average Bonchev–Trinajstić information content (AvgIpc) is 2.53. The van der Waals surface area contributed by atoms with Crippen LogP contribution in [0, 0.1) is 5.82 Å². The summed E-state index contributed by atoms with van der Waals surface area (Å²) in [7, 11) is 0. The van der Waals surface area contributed by atoms with E-state index in [4.69, 9.17) is 4.74 Å². The van der Waals surface area contributed by atoms with Gasteiger partial charge in [-0.05, 0) is 36.4 Å². The fourth-order valence-corrected chi connectivity index (χ4v) is 2.52. The van der Waals surface area contributed by atoms with Gasteiger partial charge in [-0.25, -0.2) is 4.39 Å². The zero-order valence-electron chi connectivity index (χ0n) is 11.8. The number of hydrogen-bond donors (Lipinski definition) is 0. The van der Waals surface area contributed by atoms with E-state index in [1.165, 1.54) is 12.1 Å². The average molecular weight is 304 g/mol. The standard InChI is InChI=1S/C17H17FO2S/c1-2-17(19)13-3-9-16(10-4-13)21-12-11-20-15-7-5-14(18)6-8-15/h3-10H,2,11-12H2,1H3. The number of Topliss-reactive ketones (excluding diaryl/α,β-unsaturated/α-hetero) is 1. The summed E-state index contributed by atoms with van der Waals surface area (Å²) in [6.07, 6.45) is 0.526. The summed E-state index contributed by atoms with van der Waals surface area (Å²) in [6.45, 7) is 2.41. The van der Waals surface area contributed by atoms with Gasteiger partial charge in [0.05, 0.1) is 6.61 Å². The molecule has 2 aromatic carbocycles. The smallest absolute Gasteiger partial charge is 0.162 e. The van der Waals surface area contributed by atoms with E-state index in [2.05, 4.69) is 0 Å². The molecule has 0 fully saturated rings. The van der Waals surface area contributed by atoms with Crippen molar-refractivity contribution in [2.24, 2.45) is 0 Å². The summed E-state index contributed by atoms with van der Waals surface area (Å²) in [4.78, 5) is 12.6. The van der Waals surface area contributed by atoms with E-state index in [1.807, 2.05) is 31.2 Å². The Morgan fingerprint density at radius 3 is 2.38 bits per heavy atom. The van der Waals surface area contributed by atoms with Crippen molar-refractivity contribution >= 4 is 17.5 Å². The molecule has 0 atom stereocenters. The van der Waals surface area contributed by atoms with Crippen molar-refractivity contribution in [2.45, 2.75) is 18.2 Å². The molecule has 0 aromatic heterocycles. The molecule has 0 aliphatic carbocycles. The Balaban J connectivity index is 1.75. The minimum absolute atomic E-state index is 0.159. The van der Waals surface area contributed by atoms with Gasteiger partial charge in [0.2, 0.25) is 0 Å². The zero-order valence-corrected chi connectivity index (χ0v) is 12.7. The van der Waals surface area contributed by atoms with E-state index in [-0.39, 0.29) is 11.6 Å². The highest BCUT2D eigenvalue weighted by Gasteiger charge is 2.02. The summed E-state index contributed by atoms with van der Waals surface area (Å²) in [5.41, 5.74) is 0.754. The molecule has 110 valence electrons. The van der Waals surface area contributed by atoms with Crippen LogP contribution >= 0.6 is 11.8 Å². The summed E-state index contributed by atoms with van der Waals surface area (Å²) in [6, 6.07) is 13.6. The van der Waals surface area contributed by atoms with E-state index in [1.54, 1.807) is 23.9 Å². The van der Waals surface area contributed by atoms with Crippen LogP contribution in [0.2, 0.25) is 0 Å². The first kappa shape index (κ1) is 15.6. The second-order valence-corrected chi connectivity index (χ2v) is 5.62. The zero-order chi connectivity index (χ0) is 15.1. The fraction of sp³-hybridized carbons (Fsp3) is 0.235. The highest BCUT2D eigenvalue weighted by molar-refractivity contribution is 7.99. The van der Waals surface area contributed by atoms with Crippen molar-refractivity contribution in [3.8, 4) is 5.75 Å². The van der Waals surface area contributed by atoms with Gasteiger partial charge < -0.3 is 4.74 Å². The molecule has 21 heavy (non-hydrogen) atoms. The van der Waals surface area contributed by atoms with Gasteiger partial charge in [0.25, 0.3) is 0 Å². The van der Waals surface area contributed by atoms with Crippen LogP contribution in [0.25, 0.3) is 0 Å². The number of ether oxygens (including phenoxy) is 1. The lowest BCUT2D eigenvalue weighted by Crippen LogP contribution is -2.00. The number of benzene rings is 2. The summed E-state index contributed by atoms with van der Waals surface area (Å²) in [5.74, 6) is 1.35. The third-order valence-corrected chi connectivity index (χ3v) is 3.91. The molecule has 0 spiro atoms. The van der Waals surface area contributed by atoms with E-state index < -0.39 is 0 Å². The topological polar surface area (TPSA) is 26.3 Å². The maximum atomic E-state index is 12.7. The third kappa shape index (κ3) is 4.90. The molecule has 0 aliphatic rings.